The van der Waals surface area contributed by atoms with Crippen LogP contribution in [0.3, 0.4) is 0 Å². The molecule has 2 aromatic rings. The molecule has 20 heavy (non-hydrogen) atoms. The highest BCUT2D eigenvalue weighted by Crippen LogP contribution is 2.26. The normalized spacial score (nSPS) is 12.2. The molecule has 1 heterocycles. The van der Waals surface area contributed by atoms with Gasteiger partial charge in [-0.25, -0.2) is 4.98 Å². The number of nitrogens with one attached hydrogen (secondary N) is 1. The van der Waals surface area contributed by atoms with Gasteiger partial charge < -0.3 is 5.32 Å². The fraction of sp³-hybridized carbons (Fsp3) is 0.286. The molecule has 0 saturated carbocycles. The Labute approximate surface area is 131 Å². The molecule has 0 bridgehead atoms. The van der Waals surface area contributed by atoms with Gasteiger partial charge in [-0.15, -0.1) is 11.3 Å². The van der Waals surface area contributed by atoms with Gasteiger partial charge in [-0.2, -0.15) is 0 Å². The van der Waals surface area contributed by atoms with E-state index in [1.165, 1.54) is 11.8 Å². The Balaban J connectivity index is 1.87. The average molecular weight is 327 g/mol. The number of thioether (sulfide) groups is 1. The van der Waals surface area contributed by atoms with Crippen LogP contribution in [-0.4, -0.2) is 16.1 Å². The number of hydrogen-bond donors (Lipinski definition) is 1. The van der Waals surface area contributed by atoms with Gasteiger partial charge in [0.2, 0.25) is 5.91 Å². The van der Waals surface area contributed by atoms with Gasteiger partial charge in [0.05, 0.1) is 5.25 Å². The largest absolute Gasteiger partial charge is 0.351 e. The van der Waals surface area contributed by atoms with Crippen LogP contribution in [0.25, 0.3) is 0 Å². The molecule has 0 aliphatic heterocycles. The van der Waals surface area contributed by atoms with Crippen LogP contribution in [-0.2, 0) is 11.3 Å². The molecule has 1 atom stereocenters. The molecule has 106 valence electrons. The first kappa shape index (κ1) is 15.4. The SMILES string of the molecule is Cc1csc(S[C@@H](C)C(=O)NCc2ccccc2Cl)n1. The minimum absolute atomic E-state index is 0.0113. The zero-order valence-corrected chi connectivity index (χ0v) is 13.6. The summed E-state index contributed by atoms with van der Waals surface area (Å²) in [5.74, 6) is -0.0113. The second-order valence-electron chi connectivity index (χ2n) is 4.32. The van der Waals surface area contributed by atoms with E-state index in [0.717, 1.165) is 15.6 Å². The van der Waals surface area contributed by atoms with Gasteiger partial charge in [-0.1, -0.05) is 41.6 Å². The maximum Gasteiger partial charge on any atom is 0.233 e. The van der Waals surface area contributed by atoms with Crippen LogP contribution < -0.4 is 5.32 Å². The topological polar surface area (TPSA) is 42.0 Å². The first-order valence-corrected chi connectivity index (χ1v) is 8.30. The molecule has 0 radical (unpaired) electrons. The van der Waals surface area contributed by atoms with E-state index in [0.29, 0.717) is 11.6 Å². The molecule has 3 nitrogen and oxygen atoms in total. The van der Waals surface area contributed by atoms with E-state index in [9.17, 15) is 4.79 Å². The molecular weight excluding hydrogens is 312 g/mol. The Morgan fingerprint density at radius 1 is 1.50 bits per heavy atom. The summed E-state index contributed by atoms with van der Waals surface area (Å²) < 4.78 is 0.919. The first-order valence-electron chi connectivity index (χ1n) is 6.16. The number of aromatic nitrogens is 1. The zero-order valence-electron chi connectivity index (χ0n) is 11.2. The van der Waals surface area contributed by atoms with E-state index in [-0.39, 0.29) is 11.2 Å². The van der Waals surface area contributed by atoms with Crippen molar-refractivity contribution < 1.29 is 4.79 Å². The summed E-state index contributed by atoms with van der Waals surface area (Å²) in [5.41, 5.74) is 1.91. The second-order valence-corrected chi connectivity index (χ2v) is 7.18. The van der Waals surface area contributed by atoms with E-state index in [2.05, 4.69) is 10.3 Å². The Bertz CT molecular complexity index is 600. The molecule has 0 aliphatic rings. The van der Waals surface area contributed by atoms with Crippen molar-refractivity contribution in [3.63, 3.8) is 0 Å². The molecule has 1 N–H and O–H groups in total. The minimum Gasteiger partial charge on any atom is -0.351 e. The Hall–Kier alpha value is -1.04. The maximum absolute atomic E-state index is 12.0. The molecule has 1 aromatic carbocycles. The molecule has 6 heteroatoms. The lowest BCUT2D eigenvalue weighted by Crippen LogP contribution is -2.30. The standard InChI is InChI=1S/C14H15ClN2OS2/c1-9-8-19-14(17-9)20-10(2)13(18)16-7-11-5-3-4-6-12(11)15/h3-6,8,10H,7H2,1-2H3,(H,16,18)/t10-/m0/s1. The molecule has 0 aliphatic carbocycles. The number of carbonyl (C=O) groups excluding carboxylic acids is 1. The van der Waals surface area contributed by atoms with Gasteiger partial charge >= 0.3 is 0 Å². The van der Waals surface area contributed by atoms with E-state index >= 15 is 0 Å². The van der Waals surface area contributed by atoms with Gasteiger partial charge in [0.15, 0.2) is 4.34 Å². The molecule has 0 saturated heterocycles. The number of thiazole rings is 1. The van der Waals surface area contributed by atoms with Crippen LogP contribution in [0.2, 0.25) is 5.02 Å². The van der Waals surface area contributed by atoms with Gasteiger partial charge in [0, 0.05) is 22.6 Å². The highest BCUT2D eigenvalue weighted by molar-refractivity contribution is 8.02. The smallest absolute Gasteiger partial charge is 0.233 e. The molecule has 1 amide bonds. The van der Waals surface area contributed by atoms with Crippen LogP contribution in [0.4, 0.5) is 0 Å². The summed E-state index contributed by atoms with van der Waals surface area (Å²) in [5, 5.41) is 5.37. The lowest BCUT2D eigenvalue weighted by atomic mass is 10.2. The van der Waals surface area contributed by atoms with Crippen LogP contribution in [0.5, 0.6) is 0 Å². The lowest BCUT2D eigenvalue weighted by molar-refractivity contribution is -0.120. The monoisotopic (exact) mass is 326 g/mol. The maximum atomic E-state index is 12.0. The zero-order chi connectivity index (χ0) is 14.5. The van der Waals surface area contributed by atoms with Crippen molar-refractivity contribution in [3.8, 4) is 0 Å². The van der Waals surface area contributed by atoms with Gasteiger partial charge in [-0.05, 0) is 25.5 Å². The van der Waals surface area contributed by atoms with Crippen molar-refractivity contribution in [2.75, 3.05) is 0 Å². The quantitative estimate of drug-likeness (QED) is 0.847. The molecule has 0 fully saturated rings. The number of rotatable bonds is 5. The summed E-state index contributed by atoms with van der Waals surface area (Å²) in [6.07, 6.45) is 0. The Morgan fingerprint density at radius 2 is 2.25 bits per heavy atom. The Kier molecular flexibility index (Phi) is 5.46. The average Bonchev–Trinajstić information content (AvgIpc) is 2.82. The number of aryl methyl sites for hydroxylation is 1. The van der Waals surface area contributed by atoms with Gasteiger partial charge in [0.1, 0.15) is 0 Å². The van der Waals surface area contributed by atoms with Crippen LogP contribution in [0, 0.1) is 6.92 Å². The first-order chi connectivity index (χ1) is 9.56. The number of hydrogen-bond acceptors (Lipinski definition) is 4. The molecule has 0 unspecified atom stereocenters. The number of amides is 1. The summed E-state index contributed by atoms with van der Waals surface area (Å²) in [4.78, 5) is 16.4. The van der Waals surface area contributed by atoms with E-state index in [1.807, 2.05) is 43.5 Å². The number of nitrogens with zero attached hydrogens (tertiary/aromatic N) is 1. The van der Waals surface area contributed by atoms with Crippen molar-refractivity contribution >= 4 is 40.6 Å². The van der Waals surface area contributed by atoms with Crippen molar-refractivity contribution in [2.45, 2.75) is 30.0 Å². The minimum atomic E-state index is -0.178. The van der Waals surface area contributed by atoms with E-state index in [4.69, 9.17) is 11.6 Å². The lowest BCUT2D eigenvalue weighted by Gasteiger charge is -2.11. The third-order valence-corrected chi connectivity index (χ3v) is 5.21. The van der Waals surface area contributed by atoms with Crippen molar-refractivity contribution in [1.82, 2.24) is 10.3 Å². The highest BCUT2D eigenvalue weighted by atomic mass is 35.5. The summed E-state index contributed by atoms with van der Waals surface area (Å²) in [7, 11) is 0. The second kappa shape index (κ2) is 7.11. The van der Waals surface area contributed by atoms with E-state index < -0.39 is 0 Å². The number of benzene rings is 1. The molecule has 1 aromatic heterocycles. The highest BCUT2D eigenvalue weighted by Gasteiger charge is 2.16. The fourth-order valence-electron chi connectivity index (χ4n) is 1.56. The third-order valence-electron chi connectivity index (χ3n) is 2.66. The number of halogens is 1. The van der Waals surface area contributed by atoms with Crippen molar-refractivity contribution in [2.24, 2.45) is 0 Å². The van der Waals surface area contributed by atoms with Crippen LogP contribution in [0.1, 0.15) is 18.2 Å². The van der Waals surface area contributed by atoms with Crippen LogP contribution in [0.15, 0.2) is 34.0 Å². The van der Waals surface area contributed by atoms with Crippen molar-refractivity contribution in [3.05, 3.63) is 45.9 Å². The predicted octanol–water partition coefficient (Wildman–Crippen LogP) is 3.90. The summed E-state index contributed by atoms with van der Waals surface area (Å²) in [6, 6.07) is 7.50. The number of carbonyl (C=O) groups is 1. The molecule has 2 rings (SSSR count). The van der Waals surface area contributed by atoms with E-state index in [1.54, 1.807) is 11.3 Å². The van der Waals surface area contributed by atoms with Crippen molar-refractivity contribution in [1.29, 1.82) is 0 Å². The Morgan fingerprint density at radius 3 is 2.90 bits per heavy atom. The van der Waals surface area contributed by atoms with Gasteiger partial charge in [0.25, 0.3) is 0 Å². The predicted molar refractivity (Wildman–Crippen MR) is 85.5 cm³/mol. The van der Waals surface area contributed by atoms with Crippen LogP contribution >= 0.6 is 34.7 Å². The summed E-state index contributed by atoms with van der Waals surface area (Å²) in [6.45, 7) is 4.27. The molecule has 0 spiro atoms. The molecular formula is C14H15ClN2OS2. The fourth-order valence-corrected chi connectivity index (χ4v) is 3.77. The third kappa shape index (κ3) is 4.23. The summed E-state index contributed by atoms with van der Waals surface area (Å²) >= 11 is 9.09. The van der Waals surface area contributed by atoms with Gasteiger partial charge in [-0.3, -0.25) is 4.79 Å².